The van der Waals surface area contributed by atoms with Crippen LogP contribution in [0.2, 0.25) is 0 Å². The van der Waals surface area contributed by atoms with Gasteiger partial charge in [-0.15, -0.1) is 0 Å². The van der Waals surface area contributed by atoms with Crippen molar-refractivity contribution in [2.45, 2.75) is 13.8 Å². The molecule has 84 valence electrons. The molecule has 0 radical (unpaired) electrons. The van der Waals surface area contributed by atoms with Gasteiger partial charge >= 0.3 is 5.97 Å². The Morgan fingerprint density at radius 1 is 1.43 bits per heavy atom. The molecule has 0 fully saturated rings. The minimum absolute atomic E-state index is 0.105. The van der Waals surface area contributed by atoms with Gasteiger partial charge in [-0.1, -0.05) is 0 Å². The molecule has 0 aromatic carbocycles. The van der Waals surface area contributed by atoms with Crippen LogP contribution in [0, 0.1) is 5.41 Å². The zero-order chi connectivity index (χ0) is 11.4. The zero-order valence-electron chi connectivity index (χ0n) is 8.61. The molecule has 6 heteroatoms. The van der Waals surface area contributed by atoms with E-state index in [1.54, 1.807) is 13.8 Å². The number of aliphatic carboxylic acids is 1. The van der Waals surface area contributed by atoms with Gasteiger partial charge in [-0.05, 0) is 13.8 Å². The third-order valence-electron chi connectivity index (χ3n) is 1.64. The van der Waals surface area contributed by atoms with E-state index in [-0.39, 0.29) is 5.75 Å². The molecule has 0 spiro atoms. The third-order valence-corrected chi connectivity index (χ3v) is 4.26. The summed E-state index contributed by atoms with van der Waals surface area (Å²) in [7, 11) is -2.93. The Hall–Kier alpha value is -0.230. The van der Waals surface area contributed by atoms with Crippen molar-refractivity contribution in [2.24, 2.45) is 5.41 Å². The molecule has 0 aliphatic carbocycles. The third kappa shape index (κ3) is 6.26. The lowest BCUT2D eigenvalue weighted by Gasteiger charge is -2.17. The van der Waals surface area contributed by atoms with E-state index in [2.05, 4.69) is 0 Å². The summed E-state index contributed by atoms with van der Waals surface area (Å²) in [4.78, 5) is 10.7. The van der Waals surface area contributed by atoms with Gasteiger partial charge in [0.1, 0.15) is 9.84 Å². The Kier molecular flexibility index (Phi) is 4.94. The van der Waals surface area contributed by atoms with Crippen molar-refractivity contribution < 1.29 is 18.3 Å². The molecule has 0 aliphatic heterocycles. The average Bonchev–Trinajstić information content (AvgIpc) is 1.96. The molecule has 0 unspecified atom stereocenters. The van der Waals surface area contributed by atoms with Crippen molar-refractivity contribution in [1.29, 1.82) is 0 Å². The molecule has 0 heterocycles. The molecule has 0 bridgehead atoms. The summed E-state index contributed by atoms with van der Waals surface area (Å²) in [6, 6.07) is 0. The predicted molar refractivity (Wildman–Crippen MR) is 58.5 cm³/mol. The van der Waals surface area contributed by atoms with Gasteiger partial charge in [-0.2, -0.15) is 11.8 Å². The molecule has 0 saturated carbocycles. The highest BCUT2D eigenvalue weighted by molar-refractivity contribution is 8.00. The van der Waals surface area contributed by atoms with Gasteiger partial charge in [-0.25, -0.2) is 8.42 Å². The van der Waals surface area contributed by atoms with Crippen LogP contribution in [0.4, 0.5) is 0 Å². The minimum Gasteiger partial charge on any atom is -0.481 e. The fraction of sp³-hybridized carbons (Fsp3) is 0.875. The molecule has 0 aliphatic rings. The Bertz CT molecular complexity index is 292. The highest BCUT2D eigenvalue weighted by atomic mass is 32.2. The van der Waals surface area contributed by atoms with E-state index in [0.717, 1.165) is 0 Å². The Labute approximate surface area is 89.0 Å². The maximum Gasteiger partial charge on any atom is 0.309 e. The molecule has 1 N–H and O–H groups in total. The summed E-state index contributed by atoms with van der Waals surface area (Å²) >= 11 is 1.36. The fourth-order valence-corrected chi connectivity index (χ4v) is 3.06. The molecule has 4 nitrogen and oxygen atoms in total. The number of thioether (sulfide) groups is 1. The van der Waals surface area contributed by atoms with Gasteiger partial charge in [0.2, 0.25) is 0 Å². The second-order valence-electron chi connectivity index (χ2n) is 3.87. The first-order valence-corrected chi connectivity index (χ1v) is 7.35. The van der Waals surface area contributed by atoms with Gasteiger partial charge in [0, 0.05) is 17.8 Å². The minimum atomic E-state index is -2.93. The average molecular weight is 240 g/mol. The van der Waals surface area contributed by atoms with E-state index in [9.17, 15) is 13.2 Å². The zero-order valence-corrected chi connectivity index (χ0v) is 10.2. The number of carboxylic acid groups (broad SMARTS) is 1. The molecule has 0 rings (SSSR count). The topological polar surface area (TPSA) is 71.4 Å². The lowest BCUT2D eigenvalue weighted by molar-refractivity contribution is -0.145. The van der Waals surface area contributed by atoms with Gasteiger partial charge in [-0.3, -0.25) is 4.79 Å². The normalized spacial score (nSPS) is 12.8. The van der Waals surface area contributed by atoms with E-state index < -0.39 is 21.2 Å². The summed E-state index contributed by atoms with van der Waals surface area (Å²) in [6.07, 6.45) is 1.18. The Balaban J connectivity index is 3.81. The number of sulfone groups is 1. The van der Waals surface area contributed by atoms with Crippen molar-refractivity contribution in [1.82, 2.24) is 0 Å². The standard InChI is InChI=1S/C8H16O4S2/c1-8(2,7(9)10)6-13-4-5-14(3,11)12/h4-6H2,1-3H3,(H,9,10). The first-order chi connectivity index (χ1) is 6.15. The number of rotatable bonds is 6. The first-order valence-electron chi connectivity index (χ1n) is 4.14. The van der Waals surface area contributed by atoms with Gasteiger partial charge in [0.15, 0.2) is 0 Å². The number of hydrogen-bond donors (Lipinski definition) is 1. The summed E-state index contributed by atoms with van der Waals surface area (Å²) < 4.78 is 21.5. The van der Waals surface area contributed by atoms with Crippen LogP contribution in [0.25, 0.3) is 0 Å². The smallest absolute Gasteiger partial charge is 0.309 e. The first kappa shape index (κ1) is 13.8. The van der Waals surface area contributed by atoms with Gasteiger partial charge in [0.05, 0.1) is 11.2 Å². The Morgan fingerprint density at radius 3 is 2.29 bits per heavy atom. The second kappa shape index (κ2) is 5.02. The molecular weight excluding hydrogens is 224 g/mol. The highest BCUT2D eigenvalue weighted by Crippen LogP contribution is 2.21. The lowest BCUT2D eigenvalue weighted by atomic mass is 9.97. The molecule has 0 amide bonds. The molecule has 0 saturated heterocycles. The van der Waals surface area contributed by atoms with Crippen molar-refractivity contribution >= 4 is 27.6 Å². The monoisotopic (exact) mass is 240 g/mol. The van der Waals surface area contributed by atoms with Crippen LogP contribution in [0.5, 0.6) is 0 Å². The Morgan fingerprint density at radius 2 is 1.93 bits per heavy atom. The summed E-state index contributed by atoms with van der Waals surface area (Å²) in [5.41, 5.74) is -0.790. The molecule has 0 aromatic heterocycles. The van der Waals surface area contributed by atoms with E-state index in [1.807, 2.05) is 0 Å². The second-order valence-corrected chi connectivity index (χ2v) is 7.24. The summed E-state index contributed by atoms with van der Waals surface area (Å²) in [5, 5.41) is 8.77. The van der Waals surface area contributed by atoms with Gasteiger partial charge < -0.3 is 5.11 Å². The number of carbonyl (C=O) groups is 1. The van der Waals surface area contributed by atoms with Crippen LogP contribution in [0.1, 0.15) is 13.8 Å². The van der Waals surface area contributed by atoms with Crippen molar-refractivity contribution in [3.63, 3.8) is 0 Å². The summed E-state index contributed by atoms with van der Waals surface area (Å²) in [6.45, 7) is 3.26. The van der Waals surface area contributed by atoms with Crippen LogP contribution >= 0.6 is 11.8 Å². The fourth-order valence-electron chi connectivity index (χ4n) is 0.599. The quantitative estimate of drug-likeness (QED) is 0.698. The molecule has 0 atom stereocenters. The van der Waals surface area contributed by atoms with E-state index >= 15 is 0 Å². The van der Waals surface area contributed by atoms with E-state index in [1.165, 1.54) is 18.0 Å². The lowest BCUT2D eigenvalue weighted by Crippen LogP contribution is -2.26. The van der Waals surface area contributed by atoms with Crippen LogP contribution < -0.4 is 0 Å². The maximum absolute atomic E-state index is 10.8. The maximum atomic E-state index is 10.8. The van der Waals surface area contributed by atoms with Crippen LogP contribution in [0.3, 0.4) is 0 Å². The largest absolute Gasteiger partial charge is 0.481 e. The van der Waals surface area contributed by atoms with Crippen molar-refractivity contribution in [3.8, 4) is 0 Å². The highest BCUT2D eigenvalue weighted by Gasteiger charge is 2.26. The van der Waals surface area contributed by atoms with Crippen LogP contribution in [-0.4, -0.2) is 43.0 Å². The number of carboxylic acids is 1. The van der Waals surface area contributed by atoms with Crippen molar-refractivity contribution in [2.75, 3.05) is 23.5 Å². The molecule has 14 heavy (non-hydrogen) atoms. The molecule has 0 aromatic rings. The molecular formula is C8H16O4S2. The number of hydrogen-bond acceptors (Lipinski definition) is 4. The van der Waals surface area contributed by atoms with E-state index in [0.29, 0.717) is 11.5 Å². The summed E-state index contributed by atoms with van der Waals surface area (Å²) in [5.74, 6) is 0.130. The SMILES string of the molecule is CC(C)(CSCCS(C)(=O)=O)C(=O)O. The van der Waals surface area contributed by atoms with Crippen LogP contribution in [0.15, 0.2) is 0 Å². The van der Waals surface area contributed by atoms with Gasteiger partial charge in [0.25, 0.3) is 0 Å². The van der Waals surface area contributed by atoms with E-state index in [4.69, 9.17) is 5.11 Å². The van der Waals surface area contributed by atoms with Crippen molar-refractivity contribution in [3.05, 3.63) is 0 Å². The predicted octanol–water partition coefficient (Wildman–Crippen LogP) is 0.875. The van der Waals surface area contributed by atoms with Crippen LogP contribution in [-0.2, 0) is 14.6 Å².